The van der Waals surface area contributed by atoms with Gasteiger partial charge in [-0.05, 0) is 54.6 Å². The maximum Gasteiger partial charge on any atom is 0.253 e. The first-order chi connectivity index (χ1) is 16.4. The van der Waals surface area contributed by atoms with Crippen molar-refractivity contribution in [1.82, 2.24) is 19.7 Å². The summed E-state index contributed by atoms with van der Waals surface area (Å²) in [6.45, 7) is 0. The van der Waals surface area contributed by atoms with E-state index in [1.165, 1.54) is 28.8 Å². The predicted molar refractivity (Wildman–Crippen MR) is 131 cm³/mol. The van der Waals surface area contributed by atoms with Crippen molar-refractivity contribution in [2.45, 2.75) is 5.16 Å². The highest BCUT2D eigenvalue weighted by molar-refractivity contribution is 7.99. The van der Waals surface area contributed by atoms with Crippen LogP contribution in [0.2, 0.25) is 0 Å². The van der Waals surface area contributed by atoms with Gasteiger partial charge in [-0.1, -0.05) is 36.0 Å². The van der Waals surface area contributed by atoms with Crippen molar-refractivity contribution >= 4 is 29.3 Å². The van der Waals surface area contributed by atoms with E-state index in [0.29, 0.717) is 27.8 Å². The number of anilines is 1. The number of carbonyl (C=O) groups is 2. The number of halogens is 1. The van der Waals surface area contributed by atoms with E-state index in [2.05, 4.69) is 15.5 Å². The van der Waals surface area contributed by atoms with Gasteiger partial charge in [-0.15, -0.1) is 10.2 Å². The number of carbonyl (C=O) groups excluding carboxylic acids is 2. The molecule has 0 aliphatic carbocycles. The molecule has 1 heterocycles. The average Bonchev–Trinajstić information content (AvgIpc) is 3.27. The second-order valence-electron chi connectivity index (χ2n) is 7.60. The summed E-state index contributed by atoms with van der Waals surface area (Å²) in [5.41, 5.74) is 2.55. The fourth-order valence-electron chi connectivity index (χ4n) is 3.27. The number of aromatic nitrogens is 3. The molecule has 0 aliphatic heterocycles. The van der Waals surface area contributed by atoms with E-state index < -0.39 is 0 Å². The highest BCUT2D eigenvalue weighted by Gasteiger charge is 2.18. The van der Waals surface area contributed by atoms with Crippen molar-refractivity contribution < 1.29 is 14.0 Å². The summed E-state index contributed by atoms with van der Waals surface area (Å²) in [6, 6.07) is 22.3. The van der Waals surface area contributed by atoms with E-state index in [1.54, 1.807) is 50.5 Å². The molecule has 0 radical (unpaired) electrons. The van der Waals surface area contributed by atoms with E-state index in [9.17, 15) is 14.0 Å². The van der Waals surface area contributed by atoms with Crippen LogP contribution in [0.5, 0.6) is 0 Å². The Morgan fingerprint density at radius 2 is 1.71 bits per heavy atom. The van der Waals surface area contributed by atoms with E-state index >= 15 is 0 Å². The lowest BCUT2D eigenvalue weighted by Crippen LogP contribution is -2.22. The summed E-state index contributed by atoms with van der Waals surface area (Å²) in [6.07, 6.45) is 0. The second kappa shape index (κ2) is 10.3. The minimum atomic E-state index is -0.336. The molecule has 0 atom stereocenters. The quantitative estimate of drug-likeness (QED) is 0.398. The molecule has 4 aromatic rings. The lowest BCUT2D eigenvalue weighted by molar-refractivity contribution is -0.113. The van der Waals surface area contributed by atoms with Gasteiger partial charge in [-0.3, -0.25) is 14.2 Å². The van der Waals surface area contributed by atoms with Crippen LogP contribution in [0.1, 0.15) is 10.4 Å². The normalized spacial score (nSPS) is 10.7. The summed E-state index contributed by atoms with van der Waals surface area (Å²) in [5, 5.41) is 11.9. The van der Waals surface area contributed by atoms with Crippen molar-refractivity contribution in [3.05, 3.63) is 90.2 Å². The molecule has 4 rings (SSSR count). The standard InChI is InChI=1S/C25H22FN5O2S/c1-30(2)24(33)18-7-6-8-20(15-18)27-22(32)16-34-25-29-28-23(17-11-13-19(26)14-12-17)31(25)21-9-4-3-5-10-21/h3-15H,16H2,1-2H3,(H,27,32). The largest absolute Gasteiger partial charge is 0.345 e. The summed E-state index contributed by atoms with van der Waals surface area (Å²) in [7, 11) is 3.35. The first kappa shape index (κ1) is 23.2. The van der Waals surface area contributed by atoms with Crippen molar-refractivity contribution in [1.29, 1.82) is 0 Å². The molecular weight excluding hydrogens is 453 g/mol. The molecule has 0 fully saturated rings. The molecule has 0 spiro atoms. The topological polar surface area (TPSA) is 80.1 Å². The lowest BCUT2D eigenvalue weighted by Gasteiger charge is -2.12. The number of para-hydroxylation sites is 1. The molecule has 2 amide bonds. The zero-order valence-electron chi connectivity index (χ0n) is 18.6. The number of rotatable bonds is 7. The van der Waals surface area contributed by atoms with Crippen LogP contribution in [0.4, 0.5) is 10.1 Å². The van der Waals surface area contributed by atoms with Crippen LogP contribution < -0.4 is 5.32 Å². The fourth-order valence-corrected chi connectivity index (χ4v) is 4.03. The van der Waals surface area contributed by atoms with E-state index in [1.807, 2.05) is 34.9 Å². The van der Waals surface area contributed by atoms with Crippen LogP contribution in [0.15, 0.2) is 84.0 Å². The van der Waals surface area contributed by atoms with Gasteiger partial charge in [0, 0.05) is 36.6 Å². The zero-order valence-corrected chi connectivity index (χ0v) is 19.4. The molecule has 34 heavy (non-hydrogen) atoms. The smallest absolute Gasteiger partial charge is 0.253 e. The summed E-state index contributed by atoms with van der Waals surface area (Å²) >= 11 is 1.23. The highest BCUT2D eigenvalue weighted by atomic mass is 32.2. The number of benzene rings is 3. The van der Waals surface area contributed by atoms with Gasteiger partial charge in [0.1, 0.15) is 5.82 Å². The maximum absolute atomic E-state index is 13.4. The number of nitrogens with zero attached hydrogens (tertiary/aromatic N) is 4. The Bertz CT molecular complexity index is 1310. The average molecular weight is 476 g/mol. The molecule has 172 valence electrons. The van der Waals surface area contributed by atoms with Gasteiger partial charge < -0.3 is 10.2 Å². The third-order valence-corrected chi connectivity index (χ3v) is 5.81. The minimum absolute atomic E-state index is 0.0836. The fraction of sp³-hybridized carbons (Fsp3) is 0.120. The molecule has 7 nitrogen and oxygen atoms in total. The van der Waals surface area contributed by atoms with Crippen LogP contribution in [0.25, 0.3) is 17.1 Å². The molecule has 1 aromatic heterocycles. The van der Waals surface area contributed by atoms with Gasteiger partial charge in [0.2, 0.25) is 5.91 Å². The number of hydrogen-bond acceptors (Lipinski definition) is 5. The van der Waals surface area contributed by atoms with Gasteiger partial charge in [-0.2, -0.15) is 0 Å². The Morgan fingerprint density at radius 1 is 0.971 bits per heavy atom. The molecule has 9 heteroatoms. The Kier molecular flexibility index (Phi) is 7.03. The Morgan fingerprint density at radius 3 is 2.41 bits per heavy atom. The molecule has 0 aliphatic rings. The number of thioether (sulfide) groups is 1. The van der Waals surface area contributed by atoms with E-state index in [-0.39, 0.29) is 23.4 Å². The Labute approximate surface area is 200 Å². The predicted octanol–water partition coefficient (Wildman–Crippen LogP) is 4.51. The highest BCUT2D eigenvalue weighted by Crippen LogP contribution is 2.28. The first-order valence-electron chi connectivity index (χ1n) is 10.4. The van der Waals surface area contributed by atoms with Crippen LogP contribution in [0.3, 0.4) is 0 Å². The third kappa shape index (κ3) is 5.32. The van der Waals surface area contributed by atoms with Crippen LogP contribution in [0, 0.1) is 5.82 Å². The molecule has 0 saturated heterocycles. The van der Waals surface area contributed by atoms with Gasteiger partial charge in [-0.25, -0.2) is 4.39 Å². The Balaban J connectivity index is 1.53. The van der Waals surface area contributed by atoms with Crippen LogP contribution >= 0.6 is 11.8 Å². The first-order valence-corrected chi connectivity index (χ1v) is 11.4. The molecule has 1 N–H and O–H groups in total. The van der Waals surface area contributed by atoms with Crippen molar-refractivity contribution in [2.75, 3.05) is 25.2 Å². The minimum Gasteiger partial charge on any atom is -0.345 e. The van der Waals surface area contributed by atoms with E-state index in [0.717, 1.165) is 5.69 Å². The lowest BCUT2D eigenvalue weighted by atomic mass is 10.2. The zero-order chi connectivity index (χ0) is 24.1. The van der Waals surface area contributed by atoms with Gasteiger partial charge >= 0.3 is 0 Å². The van der Waals surface area contributed by atoms with Crippen molar-refractivity contribution in [2.24, 2.45) is 0 Å². The summed E-state index contributed by atoms with van der Waals surface area (Å²) in [5.74, 6) is -0.0958. The van der Waals surface area contributed by atoms with Gasteiger partial charge in [0.05, 0.1) is 5.75 Å². The molecule has 0 bridgehead atoms. The van der Waals surface area contributed by atoms with Crippen LogP contribution in [-0.4, -0.2) is 51.3 Å². The summed E-state index contributed by atoms with van der Waals surface area (Å²) in [4.78, 5) is 26.3. The number of nitrogens with one attached hydrogen (secondary N) is 1. The second-order valence-corrected chi connectivity index (χ2v) is 8.54. The van der Waals surface area contributed by atoms with Crippen LogP contribution in [-0.2, 0) is 4.79 Å². The maximum atomic E-state index is 13.4. The van der Waals surface area contributed by atoms with E-state index in [4.69, 9.17) is 0 Å². The third-order valence-electron chi connectivity index (χ3n) is 4.88. The van der Waals surface area contributed by atoms with Crippen molar-refractivity contribution in [3.63, 3.8) is 0 Å². The molecule has 3 aromatic carbocycles. The molecule has 0 saturated carbocycles. The van der Waals surface area contributed by atoms with Crippen molar-refractivity contribution in [3.8, 4) is 17.1 Å². The molecule has 0 unspecified atom stereocenters. The number of hydrogen-bond donors (Lipinski definition) is 1. The number of amides is 2. The molecular formula is C25H22FN5O2S. The van der Waals surface area contributed by atoms with Gasteiger partial charge in [0.25, 0.3) is 5.91 Å². The van der Waals surface area contributed by atoms with Gasteiger partial charge in [0.15, 0.2) is 11.0 Å². The Hall–Kier alpha value is -3.98. The monoisotopic (exact) mass is 475 g/mol. The summed E-state index contributed by atoms with van der Waals surface area (Å²) < 4.78 is 15.3. The SMILES string of the molecule is CN(C)C(=O)c1cccc(NC(=O)CSc2nnc(-c3ccc(F)cc3)n2-c2ccccc2)c1.